The van der Waals surface area contributed by atoms with E-state index >= 15 is 0 Å². The van der Waals surface area contributed by atoms with Gasteiger partial charge in [0.1, 0.15) is 24.4 Å². The fourth-order valence-electron chi connectivity index (χ4n) is 11.3. The van der Waals surface area contributed by atoms with Gasteiger partial charge in [-0.15, -0.1) is 0 Å². The molecule has 0 aliphatic carbocycles. The second kappa shape index (κ2) is 66.3. The molecule has 0 aromatic heterocycles. The number of hydrogen-bond acceptors (Lipinski definition) is 10. The maximum absolute atomic E-state index is 13.5. The van der Waals surface area contributed by atoms with Crippen molar-refractivity contribution in [2.24, 2.45) is 0 Å². The van der Waals surface area contributed by atoms with Gasteiger partial charge in [-0.25, -0.2) is 0 Å². The summed E-state index contributed by atoms with van der Waals surface area (Å²) in [6, 6.07) is -1.04. The van der Waals surface area contributed by atoms with Crippen LogP contribution < -0.4 is 5.32 Å². The lowest BCUT2D eigenvalue weighted by Crippen LogP contribution is -2.61. The molecule has 524 valence electrons. The van der Waals surface area contributed by atoms with Gasteiger partial charge in [-0.2, -0.15) is 0 Å². The lowest BCUT2D eigenvalue weighted by Gasteiger charge is -2.41. The standard InChI is InChI=1S/C80H139NO10/c1-4-7-10-13-16-19-22-25-27-29-31-33-35-36-37-38-39-41-43-45-47-50-53-56-59-62-65-68-75(85)91-78-77(87)76(86)74(69-82)90-80(78)89-70-71(72(83)66-63-60-57-54-51-48-24-21-18-15-12-9-6-3)81-79(88)73(84)67-64-61-58-55-52-49-46-44-42-40-34-32-30-28-26-23-20-17-14-11-8-5-2/h8,11,16-17,19-20,25-28,31-34,42,44,63,66,71-74,76-78,80,82-84,86-87H,4-7,9-10,12-15,18,21-24,29-30,35-41,43,45-62,64-65,67-70H2,1-3H3,(H,81,88)/b11-8-,19-16-,20-17-,27-25-,28-26-,33-31-,34-32-,44-42-,66-63+. The third-order valence-corrected chi connectivity index (χ3v) is 17.2. The molecule has 91 heavy (non-hydrogen) atoms. The van der Waals surface area contributed by atoms with Crippen LogP contribution in [0.1, 0.15) is 323 Å². The monoisotopic (exact) mass is 1270 g/mol. The van der Waals surface area contributed by atoms with Crippen molar-refractivity contribution in [2.45, 2.75) is 372 Å². The molecule has 1 aliphatic rings. The number of rotatable bonds is 64. The number of aliphatic hydroxyl groups excluding tert-OH is 5. The first-order valence-corrected chi connectivity index (χ1v) is 37.7. The fraction of sp³-hybridized carbons (Fsp3) is 0.750. The molecule has 8 atom stereocenters. The van der Waals surface area contributed by atoms with Gasteiger partial charge in [0.2, 0.25) is 5.91 Å². The molecule has 1 amide bonds. The van der Waals surface area contributed by atoms with E-state index in [1.165, 1.54) is 154 Å². The summed E-state index contributed by atoms with van der Waals surface area (Å²) in [6.45, 7) is 5.68. The average Bonchev–Trinajstić information content (AvgIpc) is 1.05. The van der Waals surface area contributed by atoms with Crippen molar-refractivity contribution in [3.8, 4) is 0 Å². The Morgan fingerprint density at radius 2 is 0.791 bits per heavy atom. The zero-order valence-corrected chi connectivity index (χ0v) is 58.4. The number of carbonyl (C=O) groups excluding carboxylic acids is 2. The van der Waals surface area contributed by atoms with Gasteiger partial charge in [0, 0.05) is 6.42 Å². The van der Waals surface area contributed by atoms with Gasteiger partial charge in [-0.3, -0.25) is 9.59 Å². The van der Waals surface area contributed by atoms with Crippen molar-refractivity contribution in [1.82, 2.24) is 5.32 Å². The van der Waals surface area contributed by atoms with E-state index < -0.39 is 67.4 Å². The molecule has 8 unspecified atom stereocenters. The van der Waals surface area contributed by atoms with Gasteiger partial charge >= 0.3 is 5.97 Å². The van der Waals surface area contributed by atoms with Crippen molar-refractivity contribution in [1.29, 1.82) is 0 Å². The second-order valence-corrected chi connectivity index (χ2v) is 25.6. The van der Waals surface area contributed by atoms with Gasteiger partial charge in [0.05, 0.1) is 25.4 Å². The lowest BCUT2D eigenvalue weighted by molar-refractivity contribution is -0.305. The van der Waals surface area contributed by atoms with E-state index in [0.717, 1.165) is 122 Å². The first kappa shape index (κ1) is 85.3. The summed E-state index contributed by atoms with van der Waals surface area (Å²) in [5, 5.41) is 57.4. The number of allylic oxidation sites excluding steroid dienone is 17. The Balaban J connectivity index is 2.56. The van der Waals surface area contributed by atoms with Crippen molar-refractivity contribution >= 4 is 11.9 Å². The number of nitrogens with one attached hydrogen (secondary N) is 1. The number of unbranched alkanes of at least 4 members (excludes halogenated alkanes) is 34. The normalized spacial score (nSPS) is 18.6. The molecule has 0 saturated carbocycles. The van der Waals surface area contributed by atoms with Crippen LogP contribution in [0.2, 0.25) is 0 Å². The number of aliphatic hydroxyl groups is 5. The summed E-state index contributed by atoms with van der Waals surface area (Å²) < 4.78 is 17.7. The highest BCUT2D eigenvalue weighted by molar-refractivity contribution is 5.80. The summed E-state index contributed by atoms with van der Waals surface area (Å²) in [7, 11) is 0. The molecule has 1 heterocycles. The van der Waals surface area contributed by atoms with Crippen molar-refractivity contribution in [2.75, 3.05) is 13.2 Å². The molecule has 0 bridgehead atoms. The largest absolute Gasteiger partial charge is 0.454 e. The lowest BCUT2D eigenvalue weighted by atomic mass is 9.99. The van der Waals surface area contributed by atoms with Crippen LogP contribution in [0.4, 0.5) is 0 Å². The highest BCUT2D eigenvalue weighted by atomic mass is 16.7. The Labute approximate surface area is 558 Å². The van der Waals surface area contributed by atoms with E-state index in [9.17, 15) is 35.1 Å². The molecule has 1 fully saturated rings. The van der Waals surface area contributed by atoms with Gasteiger partial charge in [0.25, 0.3) is 0 Å². The van der Waals surface area contributed by atoms with E-state index in [2.05, 4.69) is 123 Å². The molecule has 1 rings (SSSR count). The quantitative estimate of drug-likeness (QED) is 0.0195. The van der Waals surface area contributed by atoms with Crippen LogP contribution in [0, 0.1) is 0 Å². The SMILES string of the molecule is CC/C=C\C/C=C\C/C=C\C/C=C\C/C=C\CCCCCCCCC(O)C(=O)NC(COC1OC(CO)C(O)C(O)C1OC(=O)CCCCCCCCCCCCCCCC/C=C\C/C=C\C/C=C\CCCCC)C(O)/C=C/CCCCCCCCCCCCC. The third kappa shape index (κ3) is 53.3. The zero-order chi connectivity index (χ0) is 66.0. The molecular weight excluding hydrogens is 1130 g/mol. The topological polar surface area (TPSA) is 175 Å². The van der Waals surface area contributed by atoms with Crippen LogP contribution in [-0.4, -0.2) is 99.6 Å². The molecule has 11 heteroatoms. The van der Waals surface area contributed by atoms with E-state index in [1.54, 1.807) is 6.08 Å². The van der Waals surface area contributed by atoms with Crippen molar-refractivity contribution < 1.29 is 49.3 Å². The van der Waals surface area contributed by atoms with Gasteiger partial charge in [-0.1, -0.05) is 316 Å². The smallest absolute Gasteiger partial charge is 0.306 e. The first-order chi connectivity index (χ1) is 44.7. The van der Waals surface area contributed by atoms with Crippen molar-refractivity contribution in [3.63, 3.8) is 0 Å². The zero-order valence-electron chi connectivity index (χ0n) is 58.4. The number of ether oxygens (including phenoxy) is 3. The predicted octanol–water partition coefficient (Wildman–Crippen LogP) is 20.0. The van der Waals surface area contributed by atoms with Gasteiger partial charge in [-0.05, 0) is 109 Å². The minimum Gasteiger partial charge on any atom is -0.454 e. The Hall–Kier alpha value is -3.68. The van der Waals surface area contributed by atoms with E-state index in [4.69, 9.17) is 14.2 Å². The van der Waals surface area contributed by atoms with E-state index in [-0.39, 0.29) is 19.4 Å². The predicted molar refractivity (Wildman–Crippen MR) is 384 cm³/mol. The molecule has 0 radical (unpaired) electrons. The second-order valence-electron chi connectivity index (χ2n) is 25.6. The number of hydrogen-bond donors (Lipinski definition) is 6. The van der Waals surface area contributed by atoms with Crippen LogP contribution in [0.5, 0.6) is 0 Å². The average molecular weight is 1270 g/mol. The summed E-state index contributed by atoms with van der Waals surface area (Å²) >= 11 is 0. The number of esters is 1. The number of amides is 1. The Morgan fingerprint density at radius 3 is 1.21 bits per heavy atom. The van der Waals surface area contributed by atoms with E-state index in [0.29, 0.717) is 12.8 Å². The molecule has 11 nitrogen and oxygen atoms in total. The molecule has 0 aromatic carbocycles. The Bertz CT molecular complexity index is 1900. The molecule has 1 aliphatic heterocycles. The summed E-state index contributed by atoms with van der Waals surface area (Å²) in [6.07, 6.45) is 81.2. The first-order valence-electron chi connectivity index (χ1n) is 37.7. The molecule has 0 spiro atoms. The van der Waals surface area contributed by atoms with Crippen molar-refractivity contribution in [3.05, 3.63) is 109 Å². The molecule has 0 aromatic rings. The fourth-order valence-corrected chi connectivity index (χ4v) is 11.3. The minimum atomic E-state index is -1.62. The summed E-state index contributed by atoms with van der Waals surface area (Å²) in [4.78, 5) is 26.7. The Kier molecular flexibility index (Phi) is 62.2. The van der Waals surface area contributed by atoms with Crippen LogP contribution in [0.3, 0.4) is 0 Å². The van der Waals surface area contributed by atoms with Crippen LogP contribution in [0.15, 0.2) is 109 Å². The molecule has 6 N–H and O–H groups in total. The highest BCUT2D eigenvalue weighted by Crippen LogP contribution is 2.26. The maximum Gasteiger partial charge on any atom is 0.306 e. The van der Waals surface area contributed by atoms with Crippen LogP contribution in [-0.2, 0) is 23.8 Å². The summed E-state index contributed by atoms with van der Waals surface area (Å²) in [5.74, 6) is -1.20. The van der Waals surface area contributed by atoms with Crippen LogP contribution in [0.25, 0.3) is 0 Å². The third-order valence-electron chi connectivity index (χ3n) is 17.2. The molecule has 1 saturated heterocycles. The van der Waals surface area contributed by atoms with Gasteiger partial charge in [0.15, 0.2) is 12.4 Å². The highest BCUT2D eigenvalue weighted by Gasteiger charge is 2.47. The van der Waals surface area contributed by atoms with E-state index in [1.807, 2.05) is 6.08 Å². The molecular formula is C80H139NO10. The van der Waals surface area contributed by atoms with Gasteiger partial charge < -0.3 is 45.1 Å². The maximum atomic E-state index is 13.5. The number of carbonyl (C=O) groups is 2. The van der Waals surface area contributed by atoms with Crippen LogP contribution >= 0.6 is 0 Å². The minimum absolute atomic E-state index is 0.117. The Morgan fingerprint density at radius 1 is 0.440 bits per heavy atom. The summed E-state index contributed by atoms with van der Waals surface area (Å²) in [5.41, 5.74) is 0.